The molecule has 0 aliphatic rings. The maximum absolute atomic E-state index is 12.7. The second-order valence-electron chi connectivity index (χ2n) is 6.66. The van der Waals surface area contributed by atoms with Crippen LogP contribution in [0.1, 0.15) is 18.4 Å². The second kappa shape index (κ2) is 9.73. The summed E-state index contributed by atoms with van der Waals surface area (Å²) in [5.41, 5.74) is 1.57. The molecule has 3 rings (SSSR count). The Labute approximate surface area is 169 Å². The number of hydrogen-bond acceptors (Lipinski definition) is 5. The molecule has 1 aromatic heterocycles. The summed E-state index contributed by atoms with van der Waals surface area (Å²) in [5.74, 6) is 0.986. The van der Waals surface area contributed by atoms with E-state index in [4.69, 9.17) is 9.47 Å². The normalized spacial score (nSPS) is 10.7. The number of methoxy groups -OCH3 is 2. The van der Waals surface area contributed by atoms with Gasteiger partial charge in [0.15, 0.2) is 11.5 Å². The molecule has 29 heavy (non-hydrogen) atoms. The smallest absolute Gasteiger partial charge is 0.261 e. The number of fused-ring (bicyclic) bond motifs is 1. The van der Waals surface area contributed by atoms with E-state index >= 15 is 0 Å². The fourth-order valence-corrected chi connectivity index (χ4v) is 3.13. The van der Waals surface area contributed by atoms with Gasteiger partial charge in [0.2, 0.25) is 5.91 Å². The lowest BCUT2D eigenvalue weighted by Crippen LogP contribution is -2.26. The molecule has 0 aliphatic heterocycles. The molecule has 0 spiro atoms. The quantitative estimate of drug-likeness (QED) is 0.602. The van der Waals surface area contributed by atoms with Crippen LogP contribution in [0.25, 0.3) is 10.9 Å². The van der Waals surface area contributed by atoms with Crippen LogP contribution in [0.15, 0.2) is 53.6 Å². The molecule has 0 saturated heterocycles. The molecule has 0 saturated carbocycles. The third-order valence-corrected chi connectivity index (χ3v) is 4.71. The maximum atomic E-state index is 12.7. The fourth-order valence-electron chi connectivity index (χ4n) is 3.13. The molecule has 3 aromatic rings. The van der Waals surface area contributed by atoms with E-state index in [1.807, 2.05) is 30.3 Å². The number of rotatable bonds is 9. The Hall–Kier alpha value is -3.35. The van der Waals surface area contributed by atoms with Crippen LogP contribution >= 0.6 is 0 Å². The molecule has 0 aliphatic carbocycles. The van der Waals surface area contributed by atoms with Crippen molar-refractivity contribution in [2.75, 3.05) is 20.8 Å². The summed E-state index contributed by atoms with van der Waals surface area (Å²) in [4.78, 5) is 29.1. The van der Waals surface area contributed by atoms with Gasteiger partial charge in [-0.3, -0.25) is 14.2 Å². The molecule has 2 aromatic carbocycles. The number of nitrogens with zero attached hydrogens (tertiary/aromatic N) is 2. The van der Waals surface area contributed by atoms with Crippen LogP contribution in [0.3, 0.4) is 0 Å². The average Bonchev–Trinajstić information content (AvgIpc) is 2.75. The van der Waals surface area contributed by atoms with Crippen molar-refractivity contribution >= 4 is 16.8 Å². The Morgan fingerprint density at radius 2 is 1.83 bits per heavy atom. The summed E-state index contributed by atoms with van der Waals surface area (Å²) in [6.07, 6.45) is 3.21. The Bertz CT molecular complexity index is 1030. The standard InChI is InChI=1S/C22H25N3O4/c1-28-19-13-17-18(14-20(19)29-2)24-15-25(22(17)27)12-6-9-21(26)23-11-10-16-7-4-3-5-8-16/h3-5,7-8,13-15H,6,9-12H2,1-2H3,(H,23,26). The van der Waals surface area contributed by atoms with Crippen LogP contribution < -0.4 is 20.3 Å². The number of carbonyl (C=O) groups excluding carboxylic acids is 1. The highest BCUT2D eigenvalue weighted by Gasteiger charge is 2.11. The molecule has 0 atom stereocenters. The topological polar surface area (TPSA) is 82.5 Å². The predicted molar refractivity (Wildman–Crippen MR) is 111 cm³/mol. The van der Waals surface area contributed by atoms with Crippen LogP contribution in [-0.4, -0.2) is 36.2 Å². The highest BCUT2D eigenvalue weighted by Crippen LogP contribution is 2.29. The third kappa shape index (κ3) is 5.13. The number of hydrogen-bond donors (Lipinski definition) is 1. The minimum Gasteiger partial charge on any atom is -0.493 e. The first-order valence-electron chi connectivity index (χ1n) is 9.54. The Kier molecular flexibility index (Phi) is 6.84. The molecule has 0 unspecified atom stereocenters. The molecule has 0 radical (unpaired) electrons. The van der Waals surface area contributed by atoms with Gasteiger partial charge in [0.25, 0.3) is 5.56 Å². The molecular formula is C22H25N3O4. The minimum absolute atomic E-state index is 0.0193. The van der Waals surface area contributed by atoms with Gasteiger partial charge in [-0.25, -0.2) is 4.98 Å². The summed E-state index contributed by atoms with van der Waals surface area (Å²) in [7, 11) is 3.06. The molecule has 1 amide bonds. The van der Waals surface area contributed by atoms with Gasteiger partial charge >= 0.3 is 0 Å². The summed E-state index contributed by atoms with van der Waals surface area (Å²) >= 11 is 0. The van der Waals surface area contributed by atoms with E-state index < -0.39 is 0 Å². The molecule has 7 heteroatoms. The highest BCUT2D eigenvalue weighted by atomic mass is 16.5. The number of nitrogens with one attached hydrogen (secondary N) is 1. The van der Waals surface area contributed by atoms with Crippen LogP contribution in [0, 0.1) is 0 Å². The molecule has 1 N–H and O–H groups in total. The number of carbonyl (C=O) groups is 1. The number of aromatic nitrogens is 2. The SMILES string of the molecule is COc1cc2ncn(CCCC(=O)NCCc3ccccc3)c(=O)c2cc1OC. The highest BCUT2D eigenvalue weighted by molar-refractivity contribution is 5.81. The second-order valence-corrected chi connectivity index (χ2v) is 6.66. The molecular weight excluding hydrogens is 370 g/mol. The summed E-state index contributed by atoms with van der Waals surface area (Å²) in [5, 5.41) is 3.37. The summed E-state index contributed by atoms with van der Waals surface area (Å²) in [6.45, 7) is 1.02. The first-order chi connectivity index (χ1) is 14.1. The van der Waals surface area contributed by atoms with E-state index in [1.54, 1.807) is 12.1 Å². The fraction of sp³-hybridized carbons (Fsp3) is 0.318. The van der Waals surface area contributed by atoms with Crippen LogP contribution in [-0.2, 0) is 17.8 Å². The van der Waals surface area contributed by atoms with Gasteiger partial charge in [0.05, 0.1) is 31.4 Å². The molecule has 0 bridgehead atoms. The van der Waals surface area contributed by atoms with Crippen molar-refractivity contribution in [2.45, 2.75) is 25.8 Å². The zero-order valence-electron chi connectivity index (χ0n) is 16.7. The average molecular weight is 395 g/mol. The zero-order chi connectivity index (χ0) is 20.6. The predicted octanol–water partition coefficient (Wildman–Crippen LogP) is 2.55. The van der Waals surface area contributed by atoms with Crippen molar-refractivity contribution in [1.29, 1.82) is 0 Å². The first-order valence-corrected chi connectivity index (χ1v) is 9.54. The lowest BCUT2D eigenvalue weighted by Gasteiger charge is -2.10. The molecule has 0 fully saturated rings. The number of ether oxygens (including phenoxy) is 2. The van der Waals surface area contributed by atoms with Gasteiger partial charge in [-0.2, -0.15) is 0 Å². The minimum atomic E-state index is -0.166. The van der Waals surface area contributed by atoms with E-state index in [0.29, 0.717) is 48.3 Å². The van der Waals surface area contributed by atoms with Crippen molar-refractivity contribution in [3.05, 3.63) is 64.7 Å². The Morgan fingerprint density at radius 1 is 1.10 bits per heavy atom. The van der Waals surface area contributed by atoms with E-state index in [0.717, 1.165) is 6.42 Å². The first kappa shape index (κ1) is 20.4. The van der Waals surface area contributed by atoms with E-state index in [2.05, 4.69) is 10.3 Å². The van der Waals surface area contributed by atoms with Crippen molar-refractivity contribution < 1.29 is 14.3 Å². The third-order valence-electron chi connectivity index (χ3n) is 4.71. The summed E-state index contributed by atoms with van der Waals surface area (Å²) in [6, 6.07) is 13.3. The summed E-state index contributed by atoms with van der Waals surface area (Å²) < 4.78 is 12.0. The Balaban J connectivity index is 1.55. The number of aryl methyl sites for hydroxylation is 1. The molecule has 1 heterocycles. The van der Waals surface area contributed by atoms with Crippen LogP contribution in [0.4, 0.5) is 0 Å². The van der Waals surface area contributed by atoms with Crippen molar-refractivity contribution in [3.8, 4) is 11.5 Å². The van der Waals surface area contributed by atoms with Crippen LogP contribution in [0.5, 0.6) is 11.5 Å². The Morgan fingerprint density at radius 3 is 2.55 bits per heavy atom. The number of amides is 1. The van der Waals surface area contributed by atoms with Gasteiger partial charge in [-0.15, -0.1) is 0 Å². The molecule has 152 valence electrons. The zero-order valence-corrected chi connectivity index (χ0v) is 16.7. The van der Waals surface area contributed by atoms with Crippen molar-refractivity contribution in [2.24, 2.45) is 0 Å². The van der Waals surface area contributed by atoms with E-state index in [-0.39, 0.29) is 11.5 Å². The van der Waals surface area contributed by atoms with Gasteiger partial charge in [0.1, 0.15) is 0 Å². The van der Waals surface area contributed by atoms with Gasteiger partial charge in [-0.05, 0) is 24.5 Å². The molecule has 7 nitrogen and oxygen atoms in total. The van der Waals surface area contributed by atoms with E-state index in [1.165, 1.54) is 30.7 Å². The number of benzene rings is 2. The van der Waals surface area contributed by atoms with Gasteiger partial charge in [-0.1, -0.05) is 30.3 Å². The largest absolute Gasteiger partial charge is 0.493 e. The monoisotopic (exact) mass is 395 g/mol. The lowest BCUT2D eigenvalue weighted by atomic mass is 10.1. The van der Waals surface area contributed by atoms with Gasteiger partial charge in [0, 0.05) is 25.6 Å². The van der Waals surface area contributed by atoms with Crippen LogP contribution in [0.2, 0.25) is 0 Å². The van der Waals surface area contributed by atoms with E-state index in [9.17, 15) is 9.59 Å². The van der Waals surface area contributed by atoms with Crippen molar-refractivity contribution in [1.82, 2.24) is 14.9 Å². The maximum Gasteiger partial charge on any atom is 0.261 e. The van der Waals surface area contributed by atoms with Crippen molar-refractivity contribution in [3.63, 3.8) is 0 Å². The lowest BCUT2D eigenvalue weighted by molar-refractivity contribution is -0.121. The van der Waals surface area contributed by atoms with Gasteiger partial charge < -0.3 is 14.8 Å².